The predicted molar refractivity (Wildman–Crippen MR) is 92.9 cm³/mol. The lowest BCUT2D eigenvalue weighted by molar-refractivity contribution is 0.0737. The average Bonchev–Trinajstić information content (AvgIpc) is 2.88. The first-order valence-corrected chi connectivity index (χ1v) is 9.49. The summed E-state index contributed by atoms with van der Waals surface area (Å²) in [6.07, 6.45) is 3.91. The molecular formula is C18H32N2S. The molecule has 0 aliphatic heterocycles. The molecule has 1 aliphatic carbocycles. The fraction of sp³-hybridized carbons (Fsp3) is 0.833. The van der Waals surface area contributed by atoms with Gasteiger partial charge < -0.3 is 5.32 Å². The highest BCUT2D eigenvalue weighted by Crippen LogP contribution is 2.48. The first-order chi connectivity index (χ1) is 9.90. The fourth-order valence-corrected chi connectivity index (χ4v) is 5.24. The molecule has 1 aromatic rings. The molecule has 21 heavy (non-hydrogen) atoms. The maximum Gasteiger partial charge on any atom is 0.113 e. The minimum atomic E-state index is 0.0956. The largest absolute Gasteiger partial charge is 0.305 e. The SMILES string of the molecule is CCNC1(c2nc(C(C)C)cs2)CC(C)CCC1C(C)C. The van der Waals surface area contributed by atoms with E-state index in [2.05, 4.69) is 52.2 Å². The van der Waals surface area contributed by atoms with Crippen molar-refractivity contribution in [2.45, 2.75) is 72.3 Å². The molecule has 0 amide bonds. The number of nitrogens with one attached hydrogen (secondary N) is 1. The van der Waals surface area contributed by atoms with E-state index in [9.17, 15) is 0 Å². The summed E-state index contributed by atoms with van der Waals surface area (Å²) in [4.78, 5) is 5.05. The van der Waals surface area contributed by atoms with Gasteiger partial charge in [0.05, 0.1) is 11.2 Å². The first kappa shape index (κ1) is 17.0. The number of aromatic nitrogens is 1. The third kappa shape index (κ3) is 3.34. The Morgan fingerprint density at radius 3 is 2.57 bits per heavy atom. The Morgan fingerprint density at radius 1 is 1.33 bits per heavy atom. The maximum absolute atomic E-state index is 5.05. The van der Waals surface area contributed by atoms with E-state index in [4.69, 9.17) is 4.98 Å². The van der Waals surface area contributed by atoms with Gasteiger partial charge in [0.2, 0.25) is 0 Å². The predicted octanol–water partition coefficient (Wildman–Crippen LogP) is 5.16. The van der Waals surface area contributed by atoms with Crippen molar-refractivity contribution < 1.29 is 0 Å². The highest BCUT2D eigenvalue weighted by atomic mass is 32.1. The van der Waals surface area contributed by atoms with Crippen molar-refractivity contribution in [3.8, 4) is 0 Å². The summed E-state index contributed by atoms with van der Waals surface area (Å²) < 4.78 is 0. The number of hydrogen-bond donors (Lipinski definition) is 1. The first-order valence-electron chi connectivity index (χ1n) is 8.61. The van der Waals surface area contributed by atoms with Crippen molar-refractivity contribution in [3.63, 3.8) is 0 Å². The Hall–Kier alpha value is -0.410. The molecule has 1 aromatic heterocycles. The van der Waals surface area contributed by atoms with Crippen LogP contribution in [0, 0.1) is 17.8 Å². The third-order valence-corrected chi connectivity index (χ3v) is 6.10. The van der Waals surface area contributed by atoms with Crippen molar-refractivity contribution in [2.24, 2.45) is 17.8 Å². The number of thiazole rings is 1. The molecule has 1 aliphatic rings. The molecule has 1 saturated carbocycles. The molecular weight excluding hydrogens is 276 g/mol. The van der Waals surface area contributed by atoms with Crippen LogP contribution in [-0.4, -0.2) is 11.5 Å². The minimum absolute atomic E-state index is 0.0956. The summed E-state index contributed by atoms with van der Waals surface area (Å²) in [6, 6.07) is 0. The summed E-state index contributed by atoms with van der Waals surface area (Å²) in [6.45, 7) is 14.9. The van der Waals surface area contributed by atoms with Crippen molar-refractivity contribution in [2.75, 3.05) is 6.54 Å². The molecule has 0 bridgehead atoms. The van der Waals surface area contributed by atoms with Crippen LogP contribution in [0.25, 0.3) is 0 Å². The molecule has 0 spiro atoms. The van der Waals surface area contributed by atoms with E-state index in [-0.39, 0.29) is 5.54 Å². The van der Waals surface area contributed by atoms with Crippen molar-refractivity contribution in [1.82, 2.24) is 10.3 Å². The lowest BCUT2D eigenvalue weighted by atomic mass is 9.65. The molecule has 3 heteroatoms. The van der Waals surface area contributed by atoms with Gasteiger partial charge in [-0.25, -0.2) is 4.98 Å². The van der Waals surface area contributed by atoms with Crippen LogP contribution in [0.1, 0.15) is 77.4 Å². The number of hydrogen-bond acceptors (Lipinski definition) is 3. The quantitative estimate of drug-likeness (QED) is 0.812. The van der Waals surface area contributed by atoms with E-state index in [0.717, 1.165) is 12.5 Å². The van der Waals surface area contributed by atoms with Gasteiger partial charge in [-0.1, -0.05) is 48.0 Å². The molecule has 2 rings (SSSR count). The lowest BCUT2D eigenvalue weighted by Crippen LogP contribution is -2.53. The van der Waals surface area contributed by atoms with E-state index < -0.39 is 0 Å². The summed E-state index contributed by atoms with van der Waals surface area (Å²) in [5.41, 5.74) is 1.35. The van der Waals surface area contributed by atoms with Crippen LogP contribution < -0.4 is 5.32 Å². The Morgan fingerprint density at radius 2 is 2.05 bits per heavy atom. The molecule has 120 valence electrons. The average molecular weight is 309 g/mol. The van der Waals surface area contributed by atoms with E-state index in [1.165, 1.54) is 30.0 Å². The second-order valence-electron chi connectivity index (χ2n) is 7.47. The minimum Gasteiger partial charge on any atom is -0.305 e. The van der Waals surface area contributed by atoms with Crippen molar-refractivity contribution in [3.05, 3.63) is 16.1 Å². The normalized spacial score (nSPS) is 30.3. The number of nitrogens with zero attached hydrogens (tertiary/aromatic N) is 1. The second-order valence-corrected chi connectivity index (χ2v) is 8.33. The molecule has 3 unspecified atom stereocenters. The maximum atomic E-state index is 5.05. The van der Waals surface area contributed by atoms with Crippen molar-refractivity contribution in [1.29, 1.82) is 0 Å². The zero-order valence-corrected chi connectivity index (χ0v) is 15.4. The van der Waals surface area contributed by atoms with Gasteiger partial charge in [0.15, 0.2) is 0 Å². The van der Waals surface area contributed by atoms with E-state index in [1.54, 1.807) is 0 Å². The summed E-state index contributed by atoms with van der Waals surface area (Å²) in [5, 5.41) is 7.48. The van der Waals surface area contributed by atoms with Crippen LogP contribution in [-0.2, 0) is 5.54 Å². The third-order valence-electron chi connectivity index (χ3n) is 5.07. The van der Waals surface area contributed by atoms with Crippen LogP contribution in [0.15, 0.2) is 5.38 Å². The molecule has 0 saturated heterocycles. The fourth-order valence-electron chi connectivity index (χ4n) is 4.01. The topological polar surface area (TPSA) is 24.9 Å². The van der Waals surface area contributed by atoms with E-state index >= 15 is 0 Å². The summed E-state index contributed by atoms with van der Waals surface area (Å²) >= 11 is 1.87. The molecule has 1 heterocycles. The Kier molecular flexibility index (Phi) is 5.48. The Labute approximate surface area is 134 Å². The lowest BCUT2D eigenvalue weighted by Gasteiger charge is -2.47. The number of rotatable bonds is 5. The van der Waals surface area contributed by atoms with Gasteiger partial charge in [-0.3, -0.25) is 0 Å². The second kappa shape index (κ2) is 6.78. The van der Waals surface area contributed by atoms with Gasteiger partial charge in [-0.15, -0.1) is 11.3 Å². The van der Waals surface area contributed by atoms with Gasteiger partial charge in [0, 0.05) is 5.38 Å². The van der Waals surface area contributed by atoms with Crippen molar-refractivity contribution >= 4 is 11.3 Å². The van der Waals surface area contributed by atoms with Gasteiger partial charge in [0.1, 0.15) is 5.01 Å². The summed E-state index contributed by atoms with van der Waals surface area (Å²) in [5.74, 6) is 2.69. The van der Waals surface area contributed by atoms with Crippen LogP contribution in [0.5, 0.6) is 0 Å². The molecule has 0 radical (unpaired) electrons. The van der Waals surface area contributed by atoms with Gasteiger partial charge in [-0.2, -0.15) is 0 Å². The van der Waals surface area contributed by atoms with Crippen LogP contribution in [0.3, 0.4) is 0 Å². The molecule has 1 fully saturated rings. The molecule has 2 nitrogen and oxygen atoms in total. The van der Waals surface area contributed by atoms with Gasteiger partial charge in [0.25, 0.3) is 0 Å². The monoisotopic (exact) mass is 308 g/mol. The van der Waals surface area contributed by atoms with E-state index in [1.807, 2.05) is 11.3 Å². The van der Waals surface area contributed by atoms with E-state index in [0.29, 0.717) is 17.8 Å². The Bertz CT molecular complexity index is 452. The standard InChI is InChI=1S/C18H32N2S/c1-7-19-18(17-20-16(11-21-17)13(4)5)10-14(6)8-9-15(18)12(2)3/h11-15,19H,7-10H2,1-6H3. The van der Waals surface area contributed by atoms with Crippen LogP contribution in [0.2, 0.25) is 0 Å². The Balaban J connectivity index is 2.44. The molecule has 3 atom stereocenters. The van der Waals surface area contributed by atoms with Crippen LogP contribution in [0.4, 0.5) is 0 Å². The highest BCUT2D eigenvalue weighted by Gasteiger charge is 2.46. The molecule has 1 N–H and O–H groups in total. The zero-order chi connectivity index (χ0) is 15.6. The summed E-state index contributed by atoms with van der Waals surface area (Å²) in [7, 11) is 0. The van der Waals surface area contributed by atoms with Crippen LogP contribution >= 0.6 is 11.3 Å². The smallest absolute Gasteiger partial charge is 0.113 e. The van der Waals surface area contributed by atoms with Gasteiger partial charge in [-0.05, 0) is 43.1 Å². The van der Waals surface area contributed by atoms with Gasteiger partial charge >= 0.3 is 0 Å². The zero-order valence-electron chi connectivity index (χ0n) is 14.6. The molecule has 0 aromatic carbocycles. The highest BCUT2D eigenvalue weighted by molar-refractivity contribution is 7.09.